The minimum absolute atomic E-state index is 0.121. The van der Waals surface area contributed by atoms with E-state index in [9.17, 15) is 14.7 Å². The summed E-state index contributed by atoms with van der Waals surface area (Å²) in [5.74, 6) is -0.162. The molecular weight excluding hydrogens is 294 g/mol. The molecule has 0 bridgehead atoms. The van der Waals surface area contributed by atoms with E-state index in [4.69, 9.17) is 4.74 Å². The van der Waals surface area contributed by atoms with E-state index in [1.807, 2.05) is 6.08 Å². The predicted molar refractivity (Wildman–Crippen MR) is 90.2 cm³/mol. The summed E-state index contributed by atoms with van der Waals surface area (Å²) in [6.45, 7) is 11.2. The van der Waals surface area contributed by atoms with E-state index in [2.05, 4.69) is 18.8 Å². The molecule has 0 aromatic rings. The third-order valence-corrected chi connectivity index (χ3v) is 4.48. The molecule has 0 unspecified atom stereocenters. The SMILES string of the molecule is C=CCCC[C@@H]1C[C@@H](C)C[C@H]1OC(=O)N[C@H](C(=O)O)C(C)(C)C. The summed E-state index contributed by atoms with van der Waals surface area (Å²) in [6.07, 6.45) is 6.08. The topological polar surface area (TPSA) is 75.6 Å². The highest BCUT2D eigenvalue weighted by Gasteiger charge is 2.37. The molecule has 0 saturated heterocycles. The number of unbranched alkanes of at least 4 members (excludes halogenated alkanes) is 1. The monoisotopic (exact) mass is 325 g/mol. The van der Waals surface area contributed by atoms with Crippen LogP contribution in [0.1, 0.15) is 59.8 Å². The third kappa shape index (κ3) is 6.24. The lowest BCUT2D eigenvalue weighted by Gasteiger charge is -2.28. The van der Waals surface area contributed by atoms with Crippen LogP contribution < -0.4 is 5.32 Å². The van der Waals surface area contributed by atoms with E-state index in [-0.39, 0.29) is 6.10 Å². The fraction of sp³-hybridized carbons (Fsp3) is 0.778. The summed E-state index contributed by atoms with van der Waals surface area (Å²) in [5, 5.41) is 11.8. The highest BCUT2D eigenvalue weighted by molar-refractivity contribution is 5.80. The molecule has 5 heteroatoms. The van der Waals surface area contributed by atoms with Crippen LogP contribution in [0.5, 0.6) is 0 Å². The number of nitrogens with one attached hydrogen (secondary N) is 1. The molecule has 1 saturated carbocycles. The van der Waals surface area contributed by atoms with Crippen molar-refractivity contribution in [3.8, 4) is 0 Å². The van der Waals surface area contributed by atoms with Crippen LogP contribution in [0.25, 0.3) is 0 Å². The lowest BCUT2D eigenvalue weighted by atomic mass is 9.87. The summed E-state index contributed by atoms with van der Waals surface area (Å²) >= 11 is 0. The molecule has 0 aromatic heterocycles. The first-order valence-corrected chi connectivity index (χ1v) is 8.46. The Hall–Kier alpha value is -1.52. The summed E-state index contributed by atoms with van der Waals surface area (Å²) in [7, 11) is 0. The van der Waals surface area contributed by atoms with Crippen LogP contribution in [0.15, 0.2) is 12.7 Å². The Morgan fingerprint density at radius 2 is 2.04 bits per heavy atom. The first-order valence-electron chi connectivity index (χ1n) is 8.46. The second-order valence-corrected chi connectivity index (χ2v) is 7.78. The molecule has 1 aliphatic carbocycles. The molecule has 1 rings (SSSR count). The Morgan fingerprint density at radius 1 is 1.39 bits per heavy atom. The van der Waals surface area contributed by atoms with E-state index in [1.54, 1.807) is 20.8 Å². The van der Waals surface area contributed by atoms with Gasteiger partial charge in [0.2, 0.25) is 0 Å². The molecule has 0 spiro atoms. The van der Waals surface area contributed by atoms with Gasteiger partial charge in [0.1, 0.15) is 12.1 Å². The molecule has 0 radical (unpaired) electrons. The van der Waals surface area contributed by atoms with Gasteiger partial charge in [-0.05, 0) is 49.4 Å². The standard InChI is InChI=1S/C18H31NO4/c1-6-7-8-9-13-10-12(2)11-14(13)23-17(22)19-15(16(20)21)18(3,4)5/h6,12-15H,1,7-11H2,2-5H3,(H,19,22)(H,20,21)/t12-,13-,14-,15-/m1/s1. The molecule has 23 heavy (non-hydrogen) atoms. The number of hydrogen-bond acceptors (Lipinski definition) is 3. The zero-order valence-corrected chi connectivity index (χ0v) is 14.8. The largest absolute Gasteiger partial charge is 0.480 e. The number of allylic oxidation sites excluding steroid dienone is 1. The molecule has 4 atom stereocenters. The predicted octanol–water partition coefficient (Wildman–Crippen LogP) is 3.98. The van der Waals surface area contributed by atoms with Crippen LogP contribution in [0.2, 0.25) is 0 Å². The zero-order valence-electron chi connectivity index (χ0n) is 14.8. The second kappa shape index (κ2) is 8.37. The highest BCUT2D eigenvalue weighted by atomic mass is 16.6. The number of hydrogen-bond donors (Lipinski definition) is 2. The maximum atomic E-state index is 12.1. The number of carboxylic acid groups (broad SMARTS) is 1. The number of carboxylic acids is 1. The van der Waals surface area contributed by atoms with Gasteiger partial charge in [-0.15, -0.1) is 6.58 Å². The van der Waals surface area contributed by atoms with Crippen molar-refractivity contribution in [1.82, 2.24) is 5.32 Å². The minimum atomic E-state index is -1.04. The first kappa shape index (κ1) is 19.5. The zero-order chi connectivity index (χ0) is 17.6. The Balaban J connectivity index is 2.59. The van der Waals surface area contributed by atoms with Crippen LogP contribution >= 0.6 is 0 Å². The van der Waals surface area contributed by atoms with Gasteiger partial charge in [-0.2, -0.15) is 0 Å². The van der Waals surface area contributed by atoms with Gasteiger partial charge in [-0.25, -0.2) is 9.59 Å². The number of carbonyl (C=O) groups excluding carboxylic acids is 1. The third-order valence-electron chi connectivity index (χ3n) is 4.48. The summed E-state index contributed by atoms with van der Waals surface area (Å²) < 4.78 is 5.56. The van der Waals surface area contributed by atoms with Gasteiger partial charge >= 0.3 is 12.1 Å². The molecule has 1 amide bonds. The van der Waals surface area contributed by atoms with Gasteiger partial charge in [0.05, 0.1) is 0 Å². The van der Waals surface area contributed by atoms with Gasteiger partial charge in [-0.3, -0.25) is 0 Å². The molecule has 0 aromatic carbocycles. The smallest absolute Gasteiger partial charge is 0.408 e. The number of rotatable bonds is 7. The van der Waals surface area contributed by atoms with Crippen LogP contribution in [0, 0.1) is 17.3 Å². The molecule has 2 N–H and O–H groups in total. The van der Waals surface area contributed by atoms with Crippen molar-refractivity contribution in [3.63, 3.8) is 0 Å². The Morgan fingerprint density at radius 3 is 2.57 bits per heavy atom. The van der Waals surface area contributed by atoms with Crippen LogP contribution in [0.4, 0.5) is 4.79 Å². The number of aliphatic carboxylic acids is 1. The Kier molecular flexibility index (Phi) is 7.10. The van der Waals surface area contributed by atoms with Crippen molar-refractivity contribution < 1.29 is 19.4 Å². The number of alkyl carbamates (subject to hydrolysis) is 1. The van der Waals surface area contributed by atoms with Crippen LogP contribution in [0.3, 0.4) is 0 Å². The summed E-state index contributed by atoms with van der Waals surface area (Å²) in [6, 6.07) is -0.965. The molecule has 1 aliphatic rings. The van der Waals surface area contributed by atoms with E-state index < -0.39 is 23.5 Å². The maximum Gasteiger partial charge on any atom is 0.408 e. The van der Waals surface area contributed by atoms with Crippen molar-refractivity contribution in [2.24, 2.45) is 17.3 Å². The number of ether oxygens (including phenoxy) is 1. The molecule has 0 aliphatic heterocycles. The fourth-order valence-corrected chi connectivity index (χ4v) is 3.26. The first-order chi connectivity index (χ1) is 10.6. The van der Waals surface area contributed by atoms with Gasteiger partial charge in [0, 0.05) is 0 Å². The van der Waals surface area contributed by atoms with Gasteiger partial charge in [0.15, 0.2) is 0 Å². The number of amides is 1. The fourth-order valence-electron chi connectivity index (χ4n) is 3.26. The molecule has 0 heterocycles. The molecule has 132 valence electrons. The van der Waals surface area contributed by atoms with Gasteiger partial charge < -0.3 is 15.2 Å². The quantitative estimate of drug-likeness (QED) is 0.548. The van der Waals surface area contributed by atoms with Crippen molar-refractivity contribution in [2.45, 2.75) is 71.9 Å². The van der Waals surface area contributed by atoms with Crippen LogP contribution in [-0.4, -0.2) is 29.3 Å². The number of carbonyl (C=O) groups is 2. The average molecular weight is 325 g/mol. The van der Waals surface area contributed by atoms with Crippen molar-refractivity contribution in [3.05, 3.63) is 12.7 Å². The lowest BCUT2D eigenvalue weighted by Crippen LogP contribution is -2.50. The second-order valence-electron chi connectivity index (χ2n) is 7.78. The summed E-state index contributed by atoms with van der Waals surface area (Å²) in [5.41, 5.74) is -0.572. The molecular formula is C18H31NO4. The van der Waals surface area contributed by atoms with Crippen molar-refractivity contribution in [2.75, 3.05) is 0 Å². The van der Waals surface area contributed by atoms with E-state index >= 15 is 0 Å². The average Bonchev–Trinajstić information content (AvgIpc) is 2.75. The van der Waals surface area contributed by atoms with Gasteiger partial charge in [0.25, 0.3) is 0 Å². The maximum absolute atomic E-state index is 12.1. The lowest BCUT2D eigenvalue weighted by molar-refractivity contribution is -0.142. The minimum Gasteiger partial charge on any atom is -0.480 e. The van der Waals surface area contributed by atoms with Crippen molar-refractivity contribution in [1.29, 1.82) is 0 Å². The van der Waals surface area contributed by atoms with E-state index in [0.717, 1.165) is 32.1 Å². The Bertz CT molecular complexity index is 427. The molecule has 5 nitrogen and oxygen atoms in total. The summed E-state index contributed by atoms with van der Waals surface area (Å²) in [4.78, 5) is 23.5. The Labute approximate surface area is 139 Å². The normalized spacial score (nSPS) is 25.7. The van der Waals surface area contributed by atoms with Crippen molar-refractivity contribution >= 4 is 12.1 Å². The molecule has 1 fully saturated rings. The van der Waals surface area contributed by atoms with Gasteiger partial charge in [-0.1, -0.05) is 33.8 Å². The van der Waals surface area contributed by atoms with E-state index in [1.165, 1.54) is 0 Å². The van der Waals surface area contributed by atoms with Crippen LogP contribution in [-0.2, 0) is 9.53 Å². The highest BCUT2D eigenvalue weighted by Crippen LogP contribution is 2.36. The van der Waals surface area contributed by atoms with E-state index in [0.29, 0.717) is 11.8 Å².